The molecular formula is C51H79N3O13. The summed E-state index contributed by atoms with van der Waals surface area (Å²) in [6.45, 7) is 26.1. The van der Waals surface area contributed by atoms with Crippen LogP contribution >= 0.6 is 0 Å². The van der Waals surface area contributed by atoms with Crippen LogP contribution in [0.2, 0.25) is 0 Å². The third-order valence-electron chi connectivity index (χ3n) is 14.4. The smallest absolute Gasteiger partial charge is 0.374 e. The van der Waals surface area contributed by atoms with E-state index in [-0.39, 0.29) is 67.2 Å². The highest BCUT2D eigenvalue weighted by molar-refractivity contribution is 6.32. The van der Waals surface area contributed by atoms with Crippen LogP contribution in [0.4, 0.5) is 0 Å². The molecule has 16 nitrogen and oxygen atoms in total. The molecule has 1 heterocycles. The Hall–Kier alpha value is -4.63. The van der Waals surface area contributed by atoms with Crippen molar-refractivity contribution in [3.63, 3.8) is 0 Å². The van der Waals surface area contributed by atoms with Gasteiger partial charge in [-0.2, -0.15) is 0 Å². The molecular weight excluding hydrogens is 863 g/mol. The van der Waals surface area contributed by atoms with Crippen molar-refractivity contribution in [1.82, 2.24) is 13.7 Å². The predicted octanol–water partition coefficient (Wildman–Crippen LogP) is 7.71. The van der Waals surface area contributed by atoms with E-state index in [1.54, 1.807) is 6.92 Å². The molecule has 6 unspecified atom stereocenters. The molecule has 0 spiro atoms. The Balaban J connectivity index is 1.80. The van der Waals surface area contributed by atoms with Gasteiger partial charge < -0.3 is 18.9 Å². The van der Waals surface area contributed by atoms with E-state index in [9.17, 15) is 28.8 Å². The summed E-state index contributed by atoms with van der Waals surface area (Å²) in [5, 5.41) is 0. The molecule has 0 aliphatic heterocycles. The van der Waals surface area contributed by atoms with Crippen molar-refractivity contribution in [3.05, 3.63) is 43.6 Å². The number of aromatic nitrogens is 3. The molecule has 376 valence electrons. The maximum atomic E-state index is 15.4. The first-order chi connectivity index (χ1) is 30.8. The van der Waals surface area contributed by atoms with E-state index in [0.29, 0.717) is 70.6 Å². The van der Waals surface area contributed by atoms with Crippen LogP contribution in [0.15, 0.2) is 26.5 Å². The number of nitrogens with zero attached hydrogens (tertiary/aromatic N) is 3. The molecule has 0 bridgehead atoms. The molecule has 3 aliphatic carbocycles. The second-order valence-corrected chi connectivity index (χ2v) is 23.7. The molecule has 67 heavy (non-hydrogen) atoms. The van der Waals surface area contributed by atoms with Gasteiger partial charge in [0.05, 0.1) is 6.61 Å². The van der Waals surface area contributed by atoms with Crippen LogP contribution in [0.5, 0.6) is 0 Å². The van der Waals surface area contributed by atoms with E-state index in [0.717, 1.165) is 13.3 Å². The van der Waals surface area contributed by atoms with Gasteiger partial charge in [-0.05, 0) is 123 Å². The molecule has 3 aliphatic rings. The van der Waals surface area contributed by atoms with Gasteiger partial charge in [-0.25, -0.2) is 37.7 Å². The lowest BCUT2D eigenvalue weighted by atomic mass is 9.61. The third kappa shape index (κ3) is 14.9. The third-order valence-corrected chi connectivity index (χ3v) is 14.4. The first-order valence-electron chi connectivity index (χ1n) is 24.2. The summed E-state index contributed by atoms with van der Waals surface area (Å²) in [5.41, 5.74) is -4.42. The average Bonchev–Trinajstić information content (AvgIpc) is 3.17. The summed E-state index contributed by atoms with van der Waals surface area (Å²) in [5.74, 6) is -3.57. The topological polar surface area (TPSA) is 205 Å². The molecule has 1 aromatic heterocycles. The van der Waals surface area contributed by atoms with Gasteiger partial charge in [-0.15, -0.1) is 0 Å². The van der Waals surface area contributed by atoms with Crippen molar-refractivity contribution in [2.75, 3.05) is 26.4 Å². The van der Waals surface area contributed by atoms with Crippen molar-refractivity contribution in [3.8, 4) is 0 Å². The monoisotopic (exact) mass is 942 g/mol. The van der Waals surface area contributed by atoms with Crippen molar-refractivity contribution in [2.45, 2.75) is 198 Å². The van der Waals surface area contributed by atoms with Crippen molar-refractivity contribution < 1.29 is 47.7 Å². The van der Waals surface area contributed by atoms with Gasteiger partial charge in [0.2, 0.25) is 5.78 Å². The van der Waals surface area contributed by atoms with E-state index < -0.39 is 87.2 Å². The number of ketones is 2. The van der Waals surface area contributed by atoms with Gasteiger partial charge in [0.25, 0.3) is 0 Å². The Morgan fingerprint density at radius 3 is 1.24 bits per heavy atom. The molecule has 0 amide bonds. The minimum atomic E-state index is -1.08. The maximum absolute atomic E-state index is 15.4. The Bertz CT molecular complexity index is 2250. The lowest BCUT2D eigenvalue weighted by Crippen LogP contribution is -2.60. The fourth-order valence-corrected chi connectivity index (χ4v) is 12.7. The minimum Gasteiger partial charge on any atom is -0.466 e. The molecule has 3 saturated carbocycles. The summed E-state index contributed by atoms with van der Waals surface area (Å²) in [6, 6.07) is -1.87. The van der Waals surface area contributed by atoms with Gasteiger partial charge in [-0.3, -0.25) is 19.2 Å². The summed E-state index contributed by atoms with van der Waals surface area (Å²) < 4.78 is 24.6. The number of hydrogen-bond acceptors (Lipinski definition) is 13. The van der Waals surface area contributed by atoms with E-state index >= 15 is 14.4 Å². The summed E-state index contributed by atoms with van der Waals surface area (Å²) in [4.78, 5) is 120. The number of Topliss-reactive ketones (excluding diaryl/α,β-unsaturated/α-hetero) is 2. The number of esters is 4. The first kappa shape index (κ1) is 55.0. The van der Waals surface area contributed by atoms with Crippen LogP contribution in [-0.2, 0) is 47.7 Å². The molecule has 16 heteroatoms. The second kappa shape index (κ2) is 21.3. The molecule has 0 N–H and O–H groups in total. The zero-order chi connectivity index (χ0) is 50.5. The van der Waals surface area contributed by atoms with E-state index in [2.05, 4.69) is 62.0 Å². The number of ether oxygens (including phenoxy) is 4. The standard InChI is InChI=1S/C51H79N3O13/c1-14-64-39(57)16-19-50(12)27-36(24-47(7,8)31-50)53-43(61)52(35-23-46(5,6)30-49(11,26-35)18-15-38(56)29-67-42(60)34(4)55)44(62)54(45(53)63)37-25-48(9,10)32-51(13,28-37)20-17-40(58)65-21-22-66-41(59)33(2)3/h35-37H,2,14-32H2,1,3-13H3. The average molecular weight is 942 g/mol. The van der Waals surface area contributed by atoms with Crippen LogP contribution in [-0.4, -0.2) is 75.6 Å². The highest BCUT2D eigenvalue weighted by atomic mass is 16.6. The maximum Gasteiger partial charge on any atom is 0.374 e. The van der Waals surface area contributed by atoms with E-state index in [4.69, 9.17) is 18.9 Å². The van der Waals surface area contributed by atoms with Crippen molar-refractivity contribution in [2.24, 2.45) is 32.5 Å². The minimum absolute atomic E-state index is 0.0520. The van der Waals surface area contributed by atoms with Gasteiger partial charge >= 0.3 is 40.9 Å². The Morgan fingerprint density at radius 2 is 0.881 bits per heavy atom. The SMILES string of the molecule is C=C(C)C(=O)OCCOC(=O)CCC1(C)CC(n2c(=O)n(C3CC(C)(C)CC(C)(CCC(=O)COC(=O)C(C)=O)C3)c(=O)n(C3CC(C)(C)CC(C)(CCC(=O)OCC)C3)c2=O)CC(C)(C)C1. The molecule has 0 radical (unpaired) electrons. The lowest BCUT2D eigenvalue weighted by molar-refractivity contribution is -0.155. The lowest BCUT2D eigenvalue weighted by Gasteiger charge is -2.49. The number of rotatable bonds is 20. The first-order valence-corrected chi connectivity index (χ1v) is 24.2. The largest absolute Gasteiger partial charge is 0.466 e. The van der Waals surface area contributed by atoms with Crippen LogP contribution in [0, 0.1) is 32.5 Å². The van der Waals surface area contributed by atoms with Crippen molar-refractivity contribution >= 4 is 35.4 Å². The number of carbonyl (C=O) groups is 6. The fraction of sp³-hybridized carbons (Fsp3) is 0.784. The highest BCUT2D eigenvalue weighted by Gasteiger charge is 2.48. The molecule has 0 aromatic carbocycles. The molecule has 3 fully saturated rings. The van der Waals surface area contributed by atoms with Gasteiger partial charge in [0.1, 0.15) is 19.8 Å². The van der Waals surface area contributed by atoms with Crippen LogP contribution in [0.25, 0.3) is 0 Å². The van der Waals surface area contributed by atoms with Crippen LogP contribution in [0.3, 0.4) is 0 Å². The molecule has 4 rings (SSSR count). The van der Waals surface area contributed by atoms with Crippen molar-refractivity contribution in [1.29, 1.82) is 0 Å². The zero-order valence-electron chi connectivity index (χ0n) is 42.5. The molecule has 6 atom stereocenters. The second-order valence-electron chi connectivity index (χ2n) is 23.7. The Labute approximate surface area is 395 Å². The van der Waals surface area contributed by atoms with Gasteiger partial charge in [0, 0.05) is 49.9 Å². The van der Waals surface area contributed by atoms with E-state index in [1.807, 2.05) is 6.92 Å². The normalized spacial score (nSPS) is 27.6. The summed E-state index contributed by atoms with van der Waals surface area (Å²) >= 11 is 0. The van der Waals surface area contributed by atoms with Crippen LogP contribution in [0.1, 0.15) is 198 Å². The Morgan fingerprint density at radius 1 is 0.522 bits per heavy atom. The van der Waals surface area contributed by atoms with E-state index in [1.165, 1.54) is 20.6 Å². The Kier molecular flexibility index (Phi) is 17.5. The number of carbonyl (C=O) groups excluding carboxylic acids is 6. The quantitative estimate of drug-likeness (QED) is 0.0404. The fourth-order valence-electron chi connectivity index (χ4n) is 12.7. The summed E-state index contributed by atoms with van der Waals surface area (Å²) in [7, 11) is 0. The molecule has 0 saturated heterocycles. The highest BCUT2D eigenvalue weighted by Crippen LogP contribution is 2.55. The zero-order valence-corrected chi connectivity index (χ0v) is 42.5. The summed E-state index contributed by atoms with van der Waals surface area (Å²) in [6.07, 6.45) is 6.26. The number of hydrogen-bond donors (Lipinski definition) is 0. The van der Waals surface area contributed by atoms with Gasteiger partial charge in [-0.1, -0.05) is 68.9 Å². The van der Waals surface area contributed by atoms with Crippen LogP contribution < -0.4 is 17.1 Å². The predicted molar refractivity (Wildman–Crippen MR) is 251 cm³/mol. The van der Waals surface area contributed by atoms with Gasteiger partial charge in [0.15, 0.2) is 5.78 Å². The molecule has 1 aromatic rings.